The molecule has 2 aromatic heterocycles. The maximum absolute atomic E-state index is 12.2. The van der Waals surface area contributed by atoms with E-state index in [2.05, 4.69) is 4.98 Å². The average Bonchev–Trinajstić information content (AvgIpc) is 3.06. The summed E-state index contributed by atoms with van der Waals surface area (Å²) in [6, 6.07) is 11.4. The molecule has 1 atom stereocenters. The van der Waals surface area contributed by atoms with Crippen molar-refractivity contribution in [3.8, 4) is 17.0 Å². The number of aryl methyl sites for hydroxylation is 1. The van der Waals surface area contributed by atoms with E-state index in [4.69, 9.17) is 9.47 Å². The molecule has 0 amide bonds. The molecule has 3 heterocycles. The Morgan fingerprint density at radius 2 is 2.27 bits per heavy atom. The van der Waals surface area contributed by atoms with Gasteiger partial charge in [-0.2, -0.15) is 0 Å². The first kappa shape index (κ1) is 16.6. The summed E-state index contributed by atoms with van der Waals surface area (Å²) in [5.41, 5.74) is 3.61. The van der Waals surface area contributed by atoms with E-state index in [0.29, 0.717) is 17.0 Å². The molecule has 26 heavy (non-hydrogen) atoms. The first-order valence-corrected chi connectivity index (χ1v) is 8.77. The van der Waals surface area contributed by atoms with Crippen molar-refractivity contribution >= 4 is 11.6 Å². The Labute approximate surface area is 151 Å². The summed E-state index contributed by atoms with van der Waals surface area (Å²) < 4.78 is 12.4. The topological polar surface area (TPSA) is 73.1 Å². The summed E-state index contributed by atoms with van der Waals surface area (Å²) in [6.45, 7) is 2.65. The lowest BCUT2D eigenvalue weighted by molar-refractivity contribution is -0.153. The highest BCUT2D eigenvalue weighted by Gasteiger charge is 2.28. The molecule has 0 bridgehead atoms. The number of esters is 1. The Morgan fingerprint density at radius 3 is 3.12 bits per heavy atom. The van der Waals surface area contributed by atoms with Crippen LogP contribution in [0, 0.1) is 0 Å². The van der Waals surface area contributed by atoms with Crippen molar-refractivity contribution in [3.63, 3.8) is 0 Å². The zero-order chi connectivity index (χ0) is 18.1. The van der Waals surface area contributed by atoms with Crippen molar-refractivity contribution in [2.75, 3.05) is 13.2 Å². The van der Waals surface area contributed by atoms with E-state index in [9.17, 15) is 9.90 Å². The molecule has 6 nitrogen and oxygen atoms in total. The van der Waals surface area contributed by atoms with Crippen LogP contribution in [0.15, 0.2) is 42.6 Å². The number of rotatable bonds is 4. The third-order valence-electron chi connectivity index (χ3n) is 4.52. The summed E-state index contributed by atoms with van der Waals surface area (Å²) >= 11 is 0. The van der Waals surface area contributed by atoms with E-state index in [0.717, 1.165) is 36.3 Å². The smallest absolute Gasteiger partial charge is 0.341 e. The Hall–Kier alpha value is -2.86. The molecule has 3 aromatic rings. The molecular formula is C20H20N2O4. The van der Waals surface area contributed by atoms with Gasteiger partial charge in [-0.05, 0) is 55.7 Å². The van der Waals surface area contributed by atoms with Crippen molar-refractivity contribution in [2.24, 2.45) is 0 Å². The fourth-order valence-corrected chi connectivity index (χ4v) is 3.33. The second-order valence-corrected chi connectivity index (χ2v) is 6.20. The zero-order valence-electron chi connectivity index (χ0n) is 14.5. The van der Waals surface area contributed by atoms with Crippen LogP contribution in [0.5, 0.6) is 5.75 Å². The molecule has 1 N–H and O–H groups in total. The van der Waals surface area contributed by atoms with Crippen LogP contribution in [0.1, 0.15) is 30.7 Å². The van der Waals surface area contributed by atoms with Gasteiger partial charge in [0.05, 0.1) is 24.6 Å². The predicted octanol–water partition coefficient (Wildman–Crippen LogP) is 2.92. The Kier molecular flexibility index (Phi) is 4.34. The monoisotopic (exact) mass is 352 g/mol. The van der Waals surface area contributed by atoms with Gasteiger partial charge in [-0.3, -0.25) is 0 Å². The number of hydrogen-bond acceptors (Lipinski definition) is 5. The van der Waals surface area contributed by atoms with Gasteiger partial charge < -0.3 is 19.0 Å². The summed E-state index contributed by atoms with van der Waals surface area (Å²) in [6.07, 6.45) is 2.28. The molecule has 134 valence electrons. The summed E-state index contributed by atoms with van der Waals surface area (Å²) in [5, 5.41) is 10.6. The van der Waals surface area contributed by atoms with Gasteiger partial charge in [0.2, 0.25) is 0 Å². The molecular weight excluding hydrogens is 332 g/mol. The van der Waals surface area contributed by atoms with E-state index in [1.807, 2.05) is 36.4 Å². The van der Waals surface area contributed by atoms with E-state index in [-0.39, 0.29) is 6.61 Å². The van der Waals surface area contributed by atoms with Crippen LogP contribution in [0.3, 0.4) is 0 Å². The summed E-state index contributed by atoms with van der Waals surface area (Å²) in [7, 11) is 0. The molecule has 0 saturated heterocycles. The third-order valence-corrected chi connectivity index (χ3v) is 4.52. The maximum Gasteiger partial charge on any atom is 0.341 e. The minimum absolute atomic E-state index is 0.206. The zero-order valence-corrected chi connectivity index (χ0v) is 14.5. The molecule has 1 unspecified atom stereocenters. The van der Waals surface area contributed by atoms with Gasteiger partial charge in [-0.1, -0.05) is 6.07 Å². The Morgan fingerprint density at radius 1 is 1.38 bits per heavy atom. The number of nitrogens with zero attached hydrogens (tertiary/aromatic N) is 2. The van der Waals surface area contributed by atoms with Crippen LogP contribution >= 0.6 is 0 Å². The van der Waals surface area contributed by atoms with Gasteiger partial charge in [-0.25, -0.2) is 9.78 Å². The first-order valence-electron chi connectivity index (χ1n) is 8.77. The number of imidazole rings is 1. The van der Waals surface area contributed by atoms with Crippen LogP contribution in [-0.4, -0.2) is 33.7 Å². The third kappa shape index (κ3) is 2.82. The van der Waals surface area contributed by atoms with E-state index >= 15 is 0 Å². The minimum atomic E-state index is -1.41. The Balaban J connectivity index is 1.87. The molecule has 0 saturated carbocycles. The van der Waals surface area contributed by atoms with Crippen molar-refractivity contribution in [1.82, 2.24) is 9.38 Å². The van der Waals surface area contributed by atoms with Gasteiger partial charge in [0.25, 0.3) is 0 Å². The number of aromatic nitrogens is 2. The number of fused-ring (bicyclic) bond motifs is 2. The van der Waals surface area contributed by atoms with Crippen LogP contribution in [-0.2, 0) is 16.0 Å². The average molecular weight is 352 g/mol. The minimum Gasteiger partial charge on any atom is -0.493 e. The summed E-state index contributed by atoms with van der Waals surface area (Å²) in [4.78, 5) is 16.8. The number of aliphatic hydroxyl groups excluding tert-OH is 1. The molecule has 6 heteroatoms. The number of aliphatic hydroxyl groups is 1. The first-order chi connectivity index (χ1) is 12.7. The number of carbonyl (C=O) groups is 1. The van der Waals surface area contributed by atoms with Crippen molar-refractivity contribution in [2.45, 2.75) is 25.9 Å². The molecule has 0 aliphatic carbocycles. The van der Waals surface area contributed by atoms with E-state index in [1.54, 1.807) is 17.5 Å². The standard InChI is InChI=1S/C20H20N2O4/c1-2-25-20(24)19(23)18-17(21-16-7-3-4-10-22(16)18)14-8-9-15-13(12-14)6-5-11-26-15/h3-4,7-10,12,19,23H,2,5-6,11H2,1H3. The van der Waals surface area contributed by atoms with Gasteiger partial charge in [0.1, 0.15) is 11.4 Å². The highest BCUT2D eigenvalue weighted by Crippen LogP contribution is 2.34. The predicted molar refractivity (Wildman–Crippen MR) is 96.0 cm³/mol. The normalized spacial score (nSPS) is 14.5. The molecule has 4 rings (SSSR count). The quantitative estimate of drug-likeness (QED) is 0.731. The number of ether oxygens (including phenoxy) is 2. The number of benzene rings is 1. The second kappa shape index (κ2) is 6.80. The number of pyridine rings is 1. The van der Waals surface area contributed by atoms with E-state index in [1.165, 1.54) is 0 Å². The van der Waals surface area contributed by atoms with Gasteiger partial charge in [0, 0.05) is 11.8 Å². The van der Waals surface area contributed by atoms with Crippen molar-refractivity contribution < 1.29 is 19.4 Å². The molecule has 0 fully saturated rings. The molecule has 0 spiro atoms. The van der Waals surface area contributed by atoms with Crippen molar-refractivity contribution in [1.29, 1.82) is 0 Å². The lowest BCUT2D eigenvalue weighted by Gasteiger charge is -2.18. The van der Waals surface area contributed by atoms with Crippen LogP contribution in [0.25, 0.3) is 16.9 Å². The van der Waals surface area contributed by atoms with Gasteiger partial charge in [0.15, 0.2) is 6.10 Å². The summed E-state index contributed by atoms with van der Waals surface area (Å²) in [5.74, 6) is 0.206. The fourth-order valence-electron chi connectivity index (χ4n) is 3.33. The van der Waals surface area contributed by atoms with Gasteiger partial charge in [-0.15, -0.1) is 0 Å². The van der Waals surface area contributed by atoms with Crippen LogP contribution < -0.4 is 4.74 Å². The fraction of sp³-hybridized carbons (Fsp3) is 0.300. The molecule has 1 aliphatic heterocycles. The SMILES string of the molecule is CCOC(=O)C(O)c1c(-c2ccc3c(c2)CCCO3)nc2ccccn12. The molecule has 0 radical (unpaired) electrons. The highest BCUT2D eigenvalue weighted by molar-refractivity contribution is 5.80. The Bertz CT molecular complexity index is 964. The molecule has 1 aliphatic rings. The lowest BCUT2D eigenvalue weighted by Crippen LogP contribution is -2.17. The lowest BCUT2D eigenvalue weighted by atomic mass is 10.00. The van der Waals surface area contributed by atoms with Crippen LogP contribution in [0.4, 0.5) is 0 Å². The number of carbonyl (C=O) groups excluding carboxylic acids is 1. The highest BCUT2D eigenvalue weighted by atomic mass is 16.5. The van der Waals surface area contributed by atoms with Gasteiger partial charge >= 0.3 is 5.97 Å². The van der Waals surface area contributed by atoms with Crippen LogP contribution in [0.2, 0.25) is 0 Å². The number of hydrogen-bond donors (Lipinski definition) is 1. The maximum atomic E-state index is 12.2. The molecule has 1 aromatic carbocycles. The van der Waals surface area contributed by atoms with E-state index < -0.39 is 12.1 Å². The van der Waals surface area contributed by atoms with Crippen molar-refractivity contribution in [3.05, 3.63) is 53.9 Å². The second-order valence-electron chi connectivity index (χ2n) is 6.20. The largest absolute Gasteiger partial charge is 0.493 e.